The van der Waals surface area contributed by atoms with E-state index in [1.807, 2.05) is 37.0 Å². The maximum absolute atomic E-state index is 12.7. The molecule has 9 heteroatoms. The first-order chi connectivity index (χ1) is 18.2. The van der Waals surface area contributed by atoms with E-state index >= 15 is 0 Å². The zero-order valence-electron chi connectivity index (χ0n) is 23.4. The molecule has 2 heterocycles. The van der Waals surface area contributed by atoms with Gasteiger partial charge < -0.3 is 21.3 Å². The molecule has 1 saturated carbocycles. The van der Waals surface area contributed by atoms with Crippen molar-refractivity contribution in [2.75, 3.05) is 64.3 Å². The Morgan fingerprint density at radius 3 is 2.24 bits per heavy atom. The number of piperidine rings is 1. The predicted octanol–water partition coefficient (Wildman–Crippen LogP) is 1.39. The van der Waals surface area contributed by atoms with Crippen molar-refractivity contribution in [3.63, 3.8) is 0 Å². The molecule has 1 aromatic rings. The number of fused-ring (bicyclic) bond motifs is 1. The zero-order valence-corrected chi connectivity index (χ0v) is 23.4. The Balaban J connectivity index is 1.29. The van der Waals surface area contributed by atoms with Crippen LogP contribution in [0.2, 0.25) is 0 Å². The van der Waals surface area contributed by atoms with E-state index in [9.17, 15) is 9.59 Å². The fourth-order valence-electron chi connectivity index (χ4n) is 5.97. The van der Waals surface area contributed by atoms with Crippen LogP contribution in [0.5, 0.6) is 0 Å². The summed E-state index contributed by atoms with van der Waals surface area (Å²) >= 11 is 0. The highest BCUT2D eigenvalue weighted by molar-refractivity contribution is 5.94. The maximum Gasteiger partial charge on any atom is 0.229 e. The molecule has 1 aliphatic carbocycles. The average Bonchev–Trinajstić information content (AvgIpc) is 3.41. The van der Waals surface area contributed by atoms with Crippen LogP contribution in [-0.2, 0) is 16.0 Å². The van der Waals surface area contributed by atoms with Crippen molar-refractivity contribution in [2.24, 2.45) is 39.6 Å². The molecule has 3 fully saturated rings. The van der Waals surface area contributed by atoms with Crippen LogP contribution >= 0.6 is 0 Å². The van der Waals surface area contributed by atoms with Gasteiger partial charge in [-0.3, -0.25) is 24.4 Å². The van der Waals surface area contributed by atoms with Gasteiger partial charge in [0, 0.05) is 70.8 Å². The van der Waals surface area contributed by atoms with Gasteiger partial charge in [0.05, 0.1) is 5.41 Å². The van der Waals surface area contributed by atoms with Crippen molar-refractivity contribution in [1.29, 1.82) is 0 Å². The number of nitrogens with zero attached hydrogens (tertiary/aromatic N) is 5. The minimum atomic E-state index is -0.551. The molecule has 4 rings (SSSR count). The molecule has 208 valence electrons. The van der Waals surface area contributed by atoms with E-state index in [4.69, 9.17) is 11.5 Å². The fourth-order valence-corrected chi connectivity index (χ4v) is 5.97. The molecule has 2 aliphatic heterocycles. The molecule has 3 unspecified atom stereocenters. The van der Waals surface area contributed by atoms with E-state index in [1.54, 1.807) is 18.1 Å². The van der Waals surface area contributed by atoms with Gasteiger partial charge in [-0.05, 0) is 75.3 Å². The summed E-state index contributed by atoms with van der Waals surface area (Å²) in [6.45, 7) is 12.2. The van der Waals surface area contributed by atoms with Gasteiger partial charge in [0.25, 0.3) is 0 Å². The topological polar surface area (TPSA) is 111 Å². The number of carbonyl (C=O) groups is 2. The SMILES string of the molecule is C/N=C(\C=C/N(C=O)c1ccc(CC(C)N2CC3C(CN)C3C2)cc1)N1CCN(C(=O)C(C)(C)CN)CC1. The van der Waals surface area contributed by atoms with Crippen LogP contribution < -0.4 is 16.4 Å². The first-order valence-corrected chi connectivity index (χ1v) is 13.9. The second-order valence-electron chi connectivity index (χ2n) is 11.7. The molecular weight excluding hydrogens is 478 g/mol. The first-order valence-electron chi connectivity index (χ1n) is 13.9. The van der Waals surface area contributed by atoms with Crippen LogP contribution in [0.1, 0.15) is 26.3 Å². The van der Waals surface area contributed by atoms with E-state index in [2.05, 4.69) is 33.8 Å². The van der Waals surface area contributed by atoms with Gasteiger partial charge in [0.15, 0.2) is 0 Å². The lowest BCUT2D eigenvalue weighted by Gasteiger charge is -2.39. The second-order valence-corrected chi connectivity index (χ2v) is 11.7. The number of likely N-dealkylation sites (tertiary alicyclic amines) is 1. The van der Waals surface area contributed by atoms with Gasteiger partial charge in [-0.15, -0.1) is 0 Å². The Kier molecular flexibility index (Phi) is 8.90. The molecule has 0 bridgehead atoms. The summed E-state index contributed by atoms with van der Waals surface area (Å²) in [6.07, 6.45) is 5.43. The third-order valence-electron chi connectivity index (χ3n) is 8.77. The van der Waals surface area contributed by atoms with Crippen molar-refractivity contribution in [3.05, 3.63) is 42.1 Å². The quantitative estimate of drug-likeness (QED) is 0.272. The number of hydrogen-bond acceptors (Lipinski definition) is 6. The third kappa shape index (κ3) is 6.11. The standard InChI is InChI=1S/C29H45N7O2/c1-21(36-17-25-24(16-30)26(25)18-36)15-22-5-7-23(8-6-22)35(20-37)10-9-27(32-4)33-11-13-34(14-12-33)28(38)29(2,3)19-31/h5-10,20-21,24-26H,11-19,30-31H2,1-4H3/b10-9-,32-27+. The molecule has 3 atom stereocenters. The number of amides is 2. The molecule has 38 heavy (non-hydrogen) atoms. The monoisotopic (exact) mass is 523 g/mol. The van der Waals surface area contributed by atoms with Crippen molar-refractivity contribution in [3.8, 4) is 0 Å². The summed E-state index contributed by atoms with van der Waals surface area (Å²) in [5.74, 6) is 3.24. The normalized spacial score (nSPS) is 25.0. The molecule has 9 nitrogen and oxygen atoms in total. The number of nitrogens with two attached hydrogens (primary N) is 2. The number of piperazine rings is 1. The Bertz CT molecular complexity index is 1020. The van der Waals surface area contributed by atoms with Gasteiger partial charge in [0.2, 0.25) is 12.3 Å². The lowest BCUT2D eigenvalue weighted by Crippen LogP contribution is -2.54. The number of carbonyl (C=O) groups excluding carboxylic acids is 2. The van der Waals surface area contributed by atoms with Gasteiger partial charge in [-0.1, -0.05) is 12.1 Å². The summed E-state index contributed by atoms with van der Waals surface area (Å²) in [7, 11) is 1.75. The minimum absolute atomic E-state index is 0.0902. The lowest BCUT2D eigenvalue weighted by molar-refractivity contribution is -0.141. The van der Waals surface area contributed by atoms with Gasteiger partial charge in [0.1, 0.15) is 5.84 Å². The van der Waals surface area contributed by atoms with E-state index in [0.29, 0.717) is 38.8 Å². The van der Waals surface area contributed by atoms with Crippen molar-refractivity contribution in [2.45, 2.75) is 33.2 Å². The van der Waals surface area contributed by atoms with Crippen molar-refractivity contribution >= 4 is 23.8 Å². The first kappa shape index (κ1) is 28.3. The number of rotatable bonds is 10. The predicted molar refractivity (Wildman–Crippen MR) is 153 cm³/mol. The molecule has 4 N–H and O–H groups in total. The molecule has 1 aromatic carbocycles. The third-order valence-corrected chi connectivity index (χ3v) is 8.77. The summed E-state index contributed by atoms with van der Waals surface area (Å²) < 4.78 is 0. The van der Waals surface area contributed by atoms with E-state index in [-0.39, 0.29) is 5.91 Å². The average molecular weight is 524 g/mol. The Hall–Kier alpha value is -2.75. The summed E-state index contributed by atoms with van der Waals surface area (Å²) in [4.78, 5) is 37.2. The van der Waals surface area contributed by atoms with Gasteiger partial charge in [-0.25, -0.2) is 0 Å². The Morgan fingerprint density at radius 2 is 1.71 bits per heavy atom. The van der Waals surface area contributed by atoms with Crippen LogP contribution in [0.15, 0.2) is 41.5 Å². The van der Waals surface area contributed by atoms with Gasteiger partial charge in [-0.2, -0.15) is 0 Å². The Morgan fingerprint density at radius 1 is 1.11 bits per heavy atom. The van der Waals surface area contributed by atoms with E-state index in [1.165, 1.54) is 18.7 Å². The highest BCUT2D eigenvalue weighted by Gasteiger charge is 2.55. The lowest BCUT2D eigenvalue weighted by atomic mass is 9.91. The number of amidine groups is 1. The molecule has 0 spiro atoms. The number of benzene rings is 1. The summed E-state index contributed by atoms with van der Waals surface area (Å²) in [6, 6.07) is 8.72. The molecule has 0 aromatic heterocycles. The van der Waals surface area contributed by atoms with Crippen LogP contribution in [0, 0.1) is 23.2 Å². The minimum Gasteiger partial charge on any atom is -0.353 e. The number of hydrogen-bond donors (Lipinski definition) is 2. The molecule has 0 radical (unpaired) electrons. The van der Waals surface area contributed by atoms with Crippen LogP contribution in [-0.4, -0.2) is 98.3 Å². The van der Waals surface area contributed by atoms with E-state index < -0.39 is 5.41 Å². The van der Waals surface area contributed by atoms with Crippen LogP contribution in [0.25, 0.3) is 0 Å². The maximum atomic E-state index is 12.7. The highest BCUT2D eigenvalue weighted by Crippen LogP contribution is 2.51. The molecule has 2 saturated heterocycles. The van der Waals surface area contributed by atoms with Gasteiger partial charge >= 0.3 is 0 Å². The van der Waals surface area contributed by atoms with Crippen molar-refractivity contribution < 1.29 is 9.59 Å². The smallest absolute Gasteiger partial charge is 0.229 e. The largest absolute Gasteiger partial charge is 0.353 e. The van der Waals surface area contributed by atoms with Crippen molar-refractivity contribution in [1.82, 2.24) is 14.7 Å². The highest BCUT2D eigenvalue weighted by atomic mass is 16.2. The van der Waals surface area contributed by atoms with Crippen LogP contribution in [0.3, 0.4) is 0 Å². The molecular formula is C29H45N7O2. The Labute approximate surface area is 227 Å². The second kappa shape index (κ2) is 12.0. The molecule has 2 amide bonds. The number of aliphatic imine (C=N–C) groups is 1. The summed E-state index contributed by atoms with van der Waals surface area (Å²) in [5.41, 5.74) is 13.2. The summed E-state index contributed by atoms with van der Waals surface area (Å²) in [5, 5.41) is 0. The molecule has 3 aliphatic rings. The fraction of sp³-hybridized carbons (Fsp3) is 0.621. The van der Waals surface area contributed by atoms with E-state index in [0.717, 1.165) is 48.7 Å². The van der Waals surface area contributed by atoms with Crippen LogP contribution in [0.4, 0.5) is 5.69 Å². The zero-order chi connectivity index (χ0) is 27.4. The number of anilines is 1.